The van der Waals surface area contributed by atoms with E-state index in [1.54, 1.807) is 0 Å². The number of alkyl halides is 2. The summed E-state index contributed by atoms with van der Waals surface area (Å²) in [5.74, 6) is -3.26. The van der Waals surface area contributed by atoms with Crippen LogP contribution in [-0.4, -0.2) is 14.2 Å². The van der Waals surface area contributed by atoms with Gasteiger partial charge in [-0.25, -0.2) is 0 Å². The predicted octanol–water partition coefficient (Wildman–Crippen LogP) is 2.80. The zero-order valence-electron chi connectivity index (χ0n) is 7.36. The van der Waals surface area contributed by atoms with Gasteiger partial charge in [-0.15, -0.1) is 3.89 Å². The zero-order valence-corrected chi connectivity index (χ0v) is 8.99. The van der Waals surface area contributed by atoms with Crippen LogP contribution in [0.1, 0.15) is 5.56 Å². The molecule has 0 heterocycles. The van der Waals surface area contributed by atoms with E-state index in [1.165, 1.54) is 24.3 Å². The average molecular weight is 256 g/mol. The lowest BCUT2D eigenvalue weighted by Crippen LogP contribution is -1.95. The lowest BCUT2D eigenvalue weighted by Gasteiger charge is -2.01. The molecule has 0 aliphatic carbocycles. The lowest BCUT2D eigenvalue weighted by molar-refractivity contribution is 0.252. The van der Waals surface area contributed by atoms with Crippen molar-refractivity contribution in [2.45, 2.75) is 16.4 Å². The zero-order chi connectivity index (χ0) is 11.5. The van der Waals surface area contributed by atoms with Crippen molar-refractivity contribution in [2.24, 2.45) is 0 Å². The normalized spacial score (nSPS) is 12.0. The highest BCUT2D eigenvalue weighted by atomic mass is 32.3. The first-order chi connectivity index (χ1) is 6.87. The fraction of sp³-hybridized carbons (Fsp3) is 0.250. The molecular weight excluding hydrogens is 249 g/mol. The van der Waals surface area contributed by atoms with E-state index >= 15 is 0 Å². The minimum Gasteiger partial charge on any atom is -0.198 e. The molecule has 0 aliphatic rings. The molecule has 0 aliphatic heterocycles. The van der Waals surface area contributed by atoms with Crippen molar-refractivity contribution >= 4 is 22.0 Å². The molecule has 0 saturated heterocycles. The number of thioether (sulfide) groups is 1. The Balaban J connectivity index is 2.73. The van der Waals surface area contributed by atoms with Crippen LogP contribution in [0.4, 0.5) is 12.7 Å². The molecule has 7 heteroatoms. The van der Waals surface area contributed by atoms with Crippen LogP contribution in [-0.2, 0) is 16.0 Å². The smallest absolute Gasteiger partial charge is 0.198 e. The quantitative estimate of drug-likeness (QED) is 0.613. The maximum Gasteiger partial charge on any atom is 0.306 e. The Kier molecular flexibility index (Phi) is 4.04. The van der Waals surface area contributed by atoms with Gasteiger partial charge in [0.15, 0.2) is 0 Å². The van der Waals surface area contributed by atoms with Crippen LogP contribution < -0.4 is 0 Å². The summed E-state index contributed by atoms with van der Waals surface area (Å²) in [6.07, 6.45) is 0. The van der Waals surface area contributed by atoms with Gasteiger partial charge in [-0.1, -0.05) is 23.9 Å². The number of halogens is 3. The summed E-state index contributed by atoms with van der Waals surface area (Å²) in [6.45, 7) is 0. The fourth-order valence-corrected chi connectivity index (χ4v) is 2.06. The van der Waals surface area contributed by atoms with Crippen LogP contribution in [0.2, 0.25) is 0 Å². The summed E-state index contributed by atoms with van der Waals surface area (Å²) in [5, 5.41) is 0. The first-order valence-electron chi connectivity index (χ1n) is 3.83. The molecule has 0 fully saturated rings. The van der Waals surface area contributed by atoms with Crippen molar-refractivity contribution in [3.63, 3.8) is 0 Å². The molecular formula is C8H7F3O2S2. The minimum absolute atomic E-state index is 0.233. The number of benzene rings is 1. The van der Waals surface area contributed by atoms with Crippen LogP contribution in [0, 0.1) is 0 Å². The van der Waals surface area contributed by atoms with E-state index in [9.17, 15) is 21.1 Å². The Morgan fingerprint density at radius 1 is 1.20 bits per heavy atom. The Morgan fingerprint density at radius 3 is 2.13 bits per heavy atom. The van der Waals surface area contributed by atoms with Crippen LogP contribution in [0.15, 0.2) is 29.2 Å². The second-order valence-electron chi connectivity index (χ2n) is 2.71. The maximum atomic E-state index is 12.2. The van der Waals surface area contributed by atoms with Crippen LogP contribution in [0.5, 0.6) is 0 Å². The molecule has 0 radical (unpaired) electrons. The standard InChI is InChI=1S/C8H7F3O2S2/c9-8(10)14-7-3-1-6(2-4-7)5-15(11,12)13/h1-4,8H,5H2. The van der Waals surface area contributed by atoms with Crippen molar-refractivity contribution in [3.05, 3.63) is 29.8 Å². The summed E-state index contributed by atoms with van der Waals surface area (Å²) < 4.78 is 56.6. The lowest BCUT2D eigenvalue weighted by atomic mass is 10.2. The maximum absolute atomic E-state index is 12.2. The molecule has 0 atom stereocenters. The molecule has 84 valence electrons. The van der Waals surface area contributed by atoms with E-state index in [1.807, 2.05) is 0 Å². The Hall–Kier alpha value is -0.690. The largest absolute Gasteiger partial charge is 0.306 e. The Morgan fingerprint density at radius 2 is 1.73 bits per heavy atom. The summed E-state index contributed by atoms with van der Waals surface area (Å²) in [4.78, 5) is 0.310. The van der Waals surface area contributed by atoms with Crippen molar-refractivity contribution in [2.75, 3.05) is 0 Å². The molecule has 0 N–H and O–H groups in total. The third-order valence-corrected chi connectivity index (χ3v) is 2.89. The second-order valence-corrected chi connectivity index (χ2v) is 5.14. The summed E-state index contributed by atoms with van der Waals surface area (Å²) in [6, 6.07) is 5.28. The van der Waals surface area contributed by atoms with E-state index < -0.39 is 21.7 Å². The monoisotopic (exact) mass is 256 g/mol. The molecule has 0 saturated carbocycles. The van der Waals surface area contributed by atoms with Crippen LogP contribution in [0.3, 0.4) is 0 Å². The number of rotatable bonds is 4. The average Bonchev–Trinajstić information content (AvgIpc) is 2.05. The first-order valence-corrected chi connectivity index (χ1v) is 6.26. The molecule has 1 rings (SSSR count). The first kappa shape index (κ1) is 12.4. The third-order valence-electron chi connectivity index (χ3n) is 1.49. The summed E-state index contributed by atoms with van der Waals surface area (Å²) in [7, 11) is -4.57. The van der Waals surface area contributed by atoms with E-state index in [0.717, 1.165) is 0 Å². The van der Waals surface area contributed by atoms with E-state index in [-0.39, 0.29) is 5.56 Å². The molecule has 0 aromatic heterocycles. The van der Waals surface area contributed by atoms with Gasteiger partial charge in [0.1, 0.15) is 5.75 Å². The van der Waals surface area contributed by atoms with E-state index in [2.05, 4.69) is 0 Å². The molecule has 1 aromatic carbocycles. The highest BCUT2D eigenvalue weighted by Crippen LogP contribution is 2.25. The summed E-state index contributed by atoms with van der Waals surface area (Å²) in [5.41, 5.74) is 0.233. The van der Waals surface area contributed by atoms with Gasteiger partial charge < -0.3 is 0 Å². The topological polar surface area (TPSA) is 34.1 Å². The SMILES string of the molecule is O=S(=O)(F)Cc1ccc(SC(F)F)cc1. The van der Waals surface area contributed by atoms with Crippen molar-refractivity contribution < 1.29 is 21.1 Å². The van der Waals surface area contributed by atoms with E-state index in [4.69, 9.17) is 0 Å². The molecule has 2 nitrogen and oxygen atoms in total. The highest BCUT2D eigenvalue weighted by Gasteiger charge is 2.09. The predicted molar refractivity (Wildman–Crippen MR) is 52.0 cm³/mol. The number of hydrogen-bond acceptors (Lipinski definition) is 3. The van der Waals surface area contributed by atoms with E-state index in [0.29, 0.717) is 16.7 Å². The van der Waals surface area contributed by atoms with Crippen molar-refractivity contribution in [1.29, 1.82) is 0 Å². The Labute approximate surface area is 89.7 Å². The van der Waals surface area contributed by atoms with Gasteiger partial charge in [-0.3, -0.25) is 0 Å². The molecule has 0 bridgehead atoms. The van der Waals surface area contributed by atoms with Crippen molar-refractivity contribution in [3.8, 4) is 0 Å². The van der Waals surface area contributed by atoms with Gasteiger partial charge in [0.2, 0.25) is 0 Å². The van der Waals surface area contributed by atoms with Crippen LogP contribution >= 0.6 is 11.8 Å². The minimum atomic E-state index is -4.57. The van der Waals surface area contributed by atoms with Crippen LogP contribution in [0.25, 0.3) is 0 Å². The van der Waals surface area contributed by atoms with Gasteiger partial charge in [0, 0.05) is 4.90 Å². The number of hydrogen-bond donors (Lipinski definition) is 0. The van der Waals surface area contributed by atoms with Gasteiger partial charge in [0.05, 0.1) is 0 Å². The molecule has 15 heavy (non-hydrogen) atoms. The molecule has 0 unspecified atom stereocenters. The van der Waals surface area contributed by atoms with Gasteiger partial charge in [-0.2, -0.15) is 17.2 Å². The molecule has 1 aromatic rings. The fourth-order valence-electron chi connectivity index (χ4n) is 0.966. The van der Waals surface area contributed by atoms with Crippen molar-refractivity contribution in [1.82, 2.24) is 0 Å². The molecule has 0 spiro atoms. The second kappa shape index (κ2) is 4.89. The van der Waals surface area contributed by atoms with Gasteiger partial charge >= 0.3 is 10.2 Å². The Bertz CT molecular complexity index is 414. The third kappa shape index (κ3) is 5.08. The highest BCUT2D eigenvalue weighted by molar-refractivity contribution is 7.99. The van der Waals surface area contributed by atoms with Gasteiger partial charge in [0.25, 0.3) is 5.76 Å². The summed E-state index contributed by atoms with van der Waals surface area (Å²) >= 11 is 0.349. The van der Waals surface area contributed by atoms with Gasteiger partial charge in [-0.05, 0) is 17.7 Å². The molecule has 0 amide bonds.